The summed E-state index contributed by atoms with van der Waals surface area (Å²) in [6, 6.07) is 5.76. The average molecular weight is 430 g/mol. The van der Waals surface area contributed by atoms with Crippen molar-refractivity contribution in [2.24, 2.45) is 0 Å². The molecule has 0 radical (unpaired) electrons. The molecule has 1 fully saturated rings. The summed E-state index contributed by atoms with van der Waals surface area (Å²) in [5.41, 5.74) is 2.98. The maximum Gasteiger partial charge on any atom is 0.248 e. The van der Waals surface area contributed by atoms with Gasteiger partial charge in [0.05, 0.1) is 6.04 Å². The molecule has 0 amide bonds. The number of thiophene rings is 1. The summed E-state index contributed by atoms with van der Waals surface area (Å²) in [6.45, 7) is 4.06. The quantitative estimate of drug-likeness (QED) is 0.493. The zero-order valence-corrected chi connectivity index (χ0v) is 17.6. The van der Waals surface area contributed by atoms with E-state index in [1.54, 1.807) is 31.4 Å². The third-order valence-corrected chi connectivity index (χ3v) is 8.08. The van der Waals surface area contributed by atoms with Crippen molar-refractivity contribution in [3.63, 3.8) is 0 Å². The van der Waals surface area contributed by atoms with Crippen molar-refractivity contribution in [2.75, 3.05) is 13.1 Å². The lowest BCUT2D eigenvalue weighted by Crippen LogP contribution is -2.30. The first-order valence-corrected chi connectivity index (χ1v) is 11.6. The topological polar surface area (TPSA) is 94.1 Å². The van der Waals surface area contributed by atoms with E-state index in [4.69, 9.17) is 9.51 Å². The van der Waals surface area contributed by atoms with E-state index in [0.29, 0.717) is 31.0 Å². The molecule has 1 aliphatic heterocycles. The molecule has 0 unspecified atom stereocenters. The second-order valence-electron chi connectivity index (χ2n) is 7.12. The van der Waals surface area contributed by atoms with Crippen molar-refractivity contribution in [1.29, 1.82) is 0 Å². The van der Waals surface area contributed by atoms with E-state index in [1.165, 1.54) is 4.31 Å². The first kappa shape index (κ1) is 18.5. The Hall–Kier alpha value is -2.56. The van der Waals surface area contributed by atoms with Crippen molar-refractivity contribution in [3.8, 4) is 11.4 Å². The van der Waals surface area contributed by atoms with Crippen LogP contribution in [0.5, 0.6) is 0 Å². The first-order valence-electron chi connectivity index (χ1n) is 9.25. The van der Waals surface area contributed by atoms with Gasteiger partial charge in [-0.2, -0.15) is 15.6 Å². The normalized spacial score (nSPS) is 18.1. The van der Waals surface area contributed by atoms with Crippen LogP contribution in [0.3, 0.4) is 0 Å². The van der Waals surface area contributed by atoms with Gasteiger partial charge in [-0.3, -0.25) is 0 Å². The molecule has 0 aromatic carbocycles. The molecule has 0 spiro atoms. The van der Waals surface area contributed by atoms with Crippen LogP contribution in [-0.4, -0.2) is 45.5 Å². The Balaban J connectivity index is 1.56. The number of pyridine rings is 1. The Labute approximate surface area is 171 Å². The van der Waals surface area contributed by atoms with Crippen LogP contribution in [0.1, 0.15) is 23.9 Å². The summed E-state index contributed by atoms with van der Waals surface area (Å²) in [4.78, 5) is 9.48. The van der Waals surface area contributed by atoms with E-state index in [0.717, 1.165) is 22.6 Å². The maximum absolute atomic E-state index is 13.2. The SMILES string of the molecule is Cc1noc(C)c1S(=O)(=O)N1CC[C@@H](n2c(-c3ccsc3)nc3cccnc32)C1. The predicted molar refractivity (Wildman–Crippen MR) is 109 cm³/mol. The molecule has 5 rings (SSSR count). The van der Waals surface area contributed by atoms with E-state index in [1.807, 2.05) is 29.0 Å². The monoisotopic (exact) mass is 429 g/mol. The fourth-order valence-electron chi connectivity index (χ4n) is 3.98. The van der Waals surface area contributed by atoms with Crippen LogP contribution in [0, 0.1) is 13.8 Å². The molecule has 0 saturated carbocycles. The van der Waals surface area contributed by atoms with Gasteiger partial charge in [0.15, 0.2) is 11.4 Å². The molecule has 1 atom stereocenters. The molecule has 0 bridgehead atoms. The van der Waals surface area contributed by atoms with E-state index >= 15 is 0 Å². The fraction of sp³-hybridized carbons (Fsp3) is 0.316. The number of rotatable bonds is 4. The highest BCUT2D eigenvalue weighted by Crippen LogP contribution is 2.35. The van der Waals surface area contributed by atoms with Crippen LogP contribution in [-0.2, 0) is 10.0 Å². The Morgan fingerprint density at radius 3 is 2.86 bits per heavy atom. The standard InChI is InChI=1S/C19H19N5O3S2/c1-12-17(13(2)27-22-12)29(25,26)23-8-5-15(10-23)24-18(14-6-9-28-11-14)21-16-4-3-7-20-19(16)24/h3-4,6-7,9,11,15H,5,8,10H2,1-2H3/t15-/m1/s1. The van der Waals surface area contributed by atoms with Crippen molar-refractivity contribution in [1.82, 2.24) is 24.0 Å². The number of fused-ring (bicyclic) bond motifs is 1. The number of sulfonamides is 1. The minimum absolute atomic E-state index is 0.0555. The van der Waals surface area contributed by atoms with E-state index in [9.17, 15) is 8.42 Å². The van der Waals surface area contributed by atoms with Gasteiger partial charge in [-0.15, -0.1) is 0 Å². The van der Waals surface area contributed by atoms with Crippen LogP contribution in [0.4, 0.5) is 0 Å². The van der Waals surface area contributed by atoms with Crippen LogP contribution >= 0.6 is 11.3 Å². The highest BCUT2D eigenvalue weighted by atomic mass is 32.2. The van der Waals surface area contributed by atoms with Gasteiger partial charge in [0, 0.05) is 30.2 Å². The molecule has 1 aliphatic rings. The third-order valence-electron chi connectivity index (χ3n) is 5.29. The number of hydrogen-bond donors (Lipinski definition) is 0. The zero-order chi connectivity index (χ0) is 20.2. The smallest absolute Gasteiger partial charge is 0.248 e. The van der Waals surface area contributed by atoms with Gasteiger partial charge in [-0.05, 0) is 43.8 Å². The Kier molecular flexibility index (Phi) is 4.30. The van der Waals surface area contributed by atoms with Gasteiger partial charge in [-0.1, -0.05) is 5.16 Å². The molecule has 0 aliphatic carbocycles. The van der Waals surface area contributed by atoms with Gasteiger partial charge in [0.25, 0.3) is 0 Å². The van der Waals surface area contributed by atoms with Crippen LogP contribution in [0.25, 0.3) is 22.6 Å². The summed E-state index contributed by atoms with van der Waals surface area (Å²) in [5, 5.41) is 7.86. The summed E-state index contributed by atoms with van der Waals surface area (Å²) in [7, 11) is -3.68. The van der Waals surface area contributed by atoms with E-state index in [2.05, 4.69) is 14.7 Å². The number of nitrogens with zero attached hydrogens (tertiary/aromatic N) is 5. The number of hydrogen-bond acceptors (Lipinski definition) is 7. The molecule has 1 saturated heterocycles. The first-order chi connectivity index (χ1) is 14.0. The van der Waals surface area contributed by atoms with Crippen molar-refractivity contribution in [2.45, 2.75) is 31.2 Å². The lowest BCUT2D eigenvalue weighted by molar-refractivity contribution is 0.389. The Bertz CT molecular complexity index is 1270. The zero-order valence-electron chi connectivity index (χ0n) is 15.9. The molecule has 0 N–H and O–H groups in total. The van der Waals surface area contributed by atoms with Crippen molar-refractivity contribution in [3.05, 3.63) is 46.6 Å². The molecule has 29 heavy (non-hydrogen) atoms. The van der Waals surface area contributed by atoms with Crippen LogP contribution in [0.2, 0.25) is 0 Å². The number of imidazole rings is 1. The second-order valence-corrected chi connectivity index (χ2v) is 9.78. The van der Waals surface area contributed by atoms with Crippen LogP contribution in [0.15, 0.2) is 44.6 Å². The summed E-state index contributed by atoms with van der Waals surface area (Å²) < 4.78 is 35.1. The minimum atomic E-state index is -3.68. The van der Waals surface area contributed by atoms with Gasteiger partial charge in [-0.25, -0.2) is 18.4 Å². The highest BCUT2D eigenvalue weighted by Gasteiger charge is 2.38. The highest BCUT2D eigenvalue weighted by molar-refractivity contribution is 7.89. The predicted octanol–water partition coefficient (Wildman–Crippen LogP) is 3.40. The maximum atomic E-state index is 13.2. The number of aromatic nitrogens is 4. The van der Waals surface area contributed by atoms with E-state index < -0.39 is 10.0 Å². The lowest BCUT2D eigenvalue weighted by Gasteiger charge is -2.18. The van der Waals surface area contributed by atoms with Gasteiger partial charge in [0.2, 0.25) is 10.0 Å². The Morgan fingerprint density at radius 2 is 2.14 bits per heavy atom. The van der Waals surface area contributed by atoms with Gasteiger partial charge >= 0.3 is 0 Å². The van der Waals surface area contributed by atoms with E-state index in [-0.39, 0.29) is 10.9 Å². The molecule has 4 aromatic heterocycles. The molecule has 8 nitrogen and oxygen atoms in total. The van der Waals surface area contributed by atoms with Crippen molar-refractivity contribution >= 4 is 32.5 Å². The minimum Gasteiger partial charge on any atom is -0.360 e. The molecule has 150 valence electrons. The molecular weight excluding hydrogens is 410 g/mol. The largest absolute Gasteiger partial charge is 0.360 e. The molecule has 4 aromatic rings. The summed E-state index contributed by atoms with van der Waals surface area (Å²) in [5.74, 6) is 1.14. The number of aryl methyl sites for hydroxylation is 2. The second kappa shape index (κ2) is 6.75. The van der Waals surface area contributed by atoms with Crippen LogP contribution < -0.4 is 0 Å². The average Bonchev–Trinajstić information content (AvgIpc) is 3.47. The van der Waals surface area contributed by atoms with Gasteiger partial charge in [0.1, 0.15) is 21.9 Å². The van der Waals surface area contributed by atoms with Gasteiger partial charge < -0.3 is 9.09 Å². The molecule has 10 heteroatoms. The third kappa shape index (κ3) is 2.90. The molecule has 5 heterocycles. The van der Waals surface area contributed by atoms with Crippen molar-refractivity contribution < 1.29 is 12.9 Å². The summed E-state index contributed by atoms with van der Waals surface area (Å²) in [6.07, 6.45) is 2.42. The lowest BCUT2D eigenvalue weighted by atomic mass is 10.2. The Morgan fingerprint density at radius 1 is 1.28 bits per heavy atom. The summed E-state index contributed by atoms with van der Waals surface area (Å²) >= 11 is 1.60. The fourth-order valence-corrected chi connectivity index (χ4v) is 6.40. The molecular formula is C19H19N5O3S2.